The Morgan fingerprint density at radius 2 is 1.90 bits per heavy atom. The Hall–Kier alpha value is -2.45. The maximum Gasteiger partial charge on any atom is 0.257 e. The van der Waals surface area contributed by atoms with Crippen molar-refractivity contribution in [1.29, 1.82) is 0 Å². The Labute approximate surface area is 180 Å². The number of anilines is 1. The molecule has 29 heavy (non-hydrogen) atoms. The molecule has 0 radical (unpaired) electrons. The van der Waals surface area contributed by atoms with E-state index in [4.69, 9.17) is 0 Å². The number of rotatable bonds is 6. The monoisotopic (exact) mass is 475 g/mol. The Morgan fingerprint density at radius 3 is 2.59 bits per heavy atom. The number of carbonyl (C=O) groups is 1. The van der Waals surface area contributed by atoms with Gasteiger partial charge in [-0.05, 0) is 36.8 Å². The van der Waals surface area contributed by atoms with Crippen LogP contribution in [0.1, 0.15) is 16.8 Å². The van der Waals surface area contributed by atoms with Crippen molar-refractivity contribution in [3.05, 3.63) is 86.0 Å². The number of carbonyl (C=O) groups excluding carboxylic acids is 1. The van der Waals surface area contributed by atoms with E-state index >= 15 is 0 Å². The van der Waals surface area contributed by atoms with Crippen molar-refractivity contribution in [1.82, 2.24) is 9.55 Å². The molecule has 3 aromatic rings. The van der Waals surface area contributed by atoms with E-state index in [1.807, 2.05) is 24.3 Å². The lowest BCUT2D eigenvalue weighted by Crippen LogP contribution is -2.26. The number of nitrogens with zero attached hydrogens (tertiary/aromatic N) is 2. The molecule has 0 atom stereocenters. The highest BCUT2D eigenvalue weighted by Gasteiger charge is 2.15. The molecule has 0 spiro atoms. The second-order valence-electron chi connectivity index (χ2n) is 6.44. The molecule has 8 heteroatoms. The molecule has 3 rings (SSSR count). The standard InChI is InChI=1S/C21H19BrFN3O2S/c1-13-16(11-14-7-9-15(22)10-8-14)20(28)26(2)21(24-13)29-12-19(27)25-18-6-4-3-5-17(18)23/h3-10H,11-12H2,1-2H3,(H,25,27). The molecule has 150 valence electrons. The summed E-state index contributed by atoms with van der Waals surface area (Å²) >= 11 is 4.54. The van der Waals surface area contributed by atoms with Gasteiger partial charge < -0.3 is 5.32 Å². The fraction of sp³-hybridized carbons (Fsp3) is 0.190. The molecular formula is C21H19BrFN3O2S. The summed E-state index contributed by atoms with van der Waals surface area (Å²) < 4.78 is 16.1. The van der Waals surface area contributed by atoms with Crippen molar-refractivity contribution in [2.75, 3.05) is 11.1 Å². The first kappa shape index (κ1) is 21.3. The van der Waals surface area contributed by atoms with Gasteiger partial charge in [-0.3, -0.25) is 14.2 Å². The van der Waals surface area contributed by atoms with Gasteiger partial charge in [0.1, 0.15) is 5.82 Å². The van der Waals surface area contributed by atoms with E-state index < -0.39 is 5.82 Å². The number of halogens is 2. The van der Waals surface area contributed by atoms with E-state index in [0.29, 0.717) is 22.8 Å². The molecule has 0 aliphatic rings. The lowest BCUT2D eigenvalue weighted by molar-refractivity contribution is -0.113. The molecule has 0 fully saturated rings. The largest absolute Gasteiger partial charge is 0.323 e. The van der Waals surface area contributed by atoms with Gasteiger partial charge in [0.15, 0.2) is 5.16 Å². The average molecular weight is 476 g/mol. The first-order valence-electron chi connectivity index (χ1n) is 8.83. The smallest absolute Gasteiger partial charge is 0.257 e. The van der Waals surface area contributed by atoms with Crippen molar-refractivity contribution in [2.24, 2.45) is 7.05 Å². The van der Waals surface area contributed by atoms with Crippen molar-refractivity contribution >= 4 is 39.3 Å². The highest BCUT2D eigenvalue weighted by atomic mass is 79.9. The van der Waals surface area contributed by atoms with Crippen LogP contribution >= 0.6 is 27.7 Å². The maximum atomic E-state index is 13.6. The SMILES string of the molecule is Cc1nc(SCC(=O)Nc2ccccc2F)n(C)c(=O)c1Cc1ccc(Br)cc1. The fourth-order valence-electron chi connectivity index (χ4n) is 2.75. The van der Waals surface area contributed by atoms with Gasteiger partial charge in [0.25, 0.3) is 5.56 Å². The number of nitrogens with one attached hydrogen (secondary N) is 1. The minimum atomic E-state index is -0.496. The molecule has 1 amide bonds. The zero-order chi connectivity index (χ0) is 21.0. The molecule has 1 heterocycles. The Kier molecular flexibility index (Phi) is 6.87. The number of hydrogen-bond donors (Lipinski definition) is 1. The minimum Gasteiger partial charge on any atom is -0.323 e. The number of thioether (sulfide) groups is 1. The van der Waals surface area contributed by atoms with Crippen LogP contribution in [0.3, 0.4) is 0 Å². The summed E-state index contributed by atoms with van der Waals surface area (Å²) in [7, 11) is 1.64. The first-order chi connectivity index (χ1) is 13.8. The maximum absolute atomic E-state index is 13.6. The zero-order valence-electron chi connectivity index (χ0n) is 15.9. The van der Waals surface area contributed by atoms with Crippen molar-refractivity contribution < 1.29 is 9.18 Å². The lowest BCUT2D eigenvalue weighted by Gasteiger charge is -2.12. The van der Waals surface area contributed by atoms with Gasteiger partial charge in [0.05, 0.1) is 11.4 Å². The molecule has 0 saturated heterocycles. The summed E-state index contributed by atoms with van der Waals surface area (Å²) in [5.74, 6) is -0.851. The second kappa shape index (κ2) is 9.37. The molecule has 0 aliphatic heterocycles. The molecule has 2 aromatic carbocycles. The Morgan fingerprint density at radius 1 is 1.21 bits per heavy atom. The molecule has 0 aliphatic carbocycles. The highest BCUT2D eigenvalue weighted by Crippen LogP contribution is 2.19. The van der Waals surface area contributed by atoms with Crippen LogP contribution in [0.2, 0.25) is 0 Å². The summed E-state index contributed by atoms with van der Waals surface area (Å²) in [5.41, 5.74) is 2.25. The summed E-state index contributed by atoms with van der Waals surface area (Å²) in [5, 5.41) is 2.96. The second-order valence-corrected chi connectivity index (χ2v) is 8.30. The number of aryl methyl sites for hydroxylation is 1. The van der Waals surface area contributed by atoms with Crippen molar-refractivity contribution in [3.63, 3.8) is 0 Å². The lowest BCUT2D eigenvalue weighted by atomic mass is 10.1. The van der Waals surface area contributed by atoms with Gasteiger partial charge in [0, 0.05) is 29.2 Å². The van der Waals surface area contributed by atoms with Crippen LogP contribution in [0.15, 0.2) is 63.0 Å². The van der Waals surface area contributed by atoms with Crippen LogP contribution in [-0.2, 0) is 18.3 Å². The summed E-state index contributed by atoms with van der Waals surface area (Å²) in [4.78, 5) is 29.5. The van der Waals surface area contributed by atoms with Gasteiger partial charge >= 0.3 is 0 Å². The van der Waals surface area contributed by atoms with Crippen LogP contribution in [0, 0.1) is 12.7 Å². The topological polar surface area (TPSA) is 64.0 Å². The molecule has 1 aromatic heterocycles. The predicted octanol–water partition coefficient (Wildman–Crippen LogP) is 4.31. The van der Waals surface area contributed by atoms with Crippen molar-refractivity contribution in [3.8, 4) is 0 Å². The van der Waals surface area contributed by atoms with Crippen LogP contribution < -0.4 is 10.9 Å². The number of hydrogen-bond acceptors (Lipinski definition) is 4. The third-order valence-electron chi connectivity index (χ3n) is 4.32. The molecule has 0 bridgehead atoms. The Bertz CT molecular complexity index is 1100. The third-order valence-corrected chi connectivity index (χ3v) is 5.88. The van der Waals surface area contributed by atoms with E-state index in [9.17, 15) is 14.0 Å². The van der Waals surface area contributed by atoms with Gasteiger partial charge in [-0.15, -0.1) is 0 Å². The Balaban J connectivity index is 1.72. The van der Waals surface area contributed by atoms with E-state index in [1.165, 1.54) is 16.7 Å². The quantitative estimate of drug-likeness (QED) is 0.426. The van der Waals surface area contributed by atoms with Crippen LogP contribution in [-0.4, -0.2) is 21.2 Å². The minimum absolute atomic E-state index is 0.0140. The molecule has 0 saturated carbocycles. The van der Waals surface area contributed by atoms with E-state index in [2.05, 4.69) is 26.2 Å². The van der Waals surface area contributed by atoms with Crippen LogP contribution in [0.25, 0.3) is 0 Å². The first-order valence-corrected chi connectivity index (χ1v) is 10.6. The number of benzene rings is 2. The molecule has 0 unspecified atom stereocenters. The van der Waals surface area contributed by atoms with Gasteiger partial charge in [0.2, 0.25) is 5.91 Å². The van der Waals surface area contributed by atoms with E-state index in [1.54, 1.807) is 26.1 Å². The van der Waals surface area contributed by atoms with Gasteiger partial charge in [-0.25, -0.2) is 9.37 Å². The van der Waals surface area contributed by atoms with Crippen molar-refractivity contribution in [2.45, 2.75) is 18.5 Å². The zero-order valence-corrected chi connectivity index (χ0v) is 18.3. The fourth-order valence-corrected chi connectivity index (χ4v) is 3.82. The number of para-hydroxylation sites is 1. The number of aromatic nitrogens is 2. The third kappa shape index (κ3) is 5.33. The normalized spacial score (nSPS) is 10.8. The van der Waals surface area contributed by atoms with Gasteiger partial charge in [-0.1, -0.05) is 52.0 Å². The van der Waals surface area contributed by atoms with Crippen LogP contribution in [0.4, 0.5) is 10.1 Å². The molecular weight excluding hydrogens is 457 g/mol. The van der Waals surface area contributed by atoms with Gasteiger partial charge in [-0.2, -0.15) is 0 Å². The van der Waals surface area contributed by atoms with Crippen LogP contribution in [0.5, 0.6) is 0 Å². The van der Waals surface area contributed by atoms with E-state index in [-0.39, 0.29) is 22.9 Å². The molecule has 5 nitrogen and oxygen atoms in total. The number of amides is 1. The average Bonchev–Trinajstić information content (AvgIpc) is 2.70. The molecule has 1 N–H and O–H groups in total. The summed E-state index contributed by atoms with van der Waals surface area (Å²) in [6, 6.07) is 13.7. The summed E-state index contributed by atoms with van der Waals surface area (Å²) in [6.45, 7) is 1.79. The summed E-state index contributed by atoms with van der Waals surface area (Å²) in [6.07, 6.45) is 0.484. The predicted molar refractivity (Wildman–Crippen MR) is 117 cm³/mol. The highest BCUT2D eigenvalue weighted by molar-refractivity contribution is 9.10. The van der Waals surface area contributed by atoms with E-state index in [0.717, 1.165) is 21.8 Å².